The summed E-state index contributed by atoms with van der Waals surface area (Å²) in [5.74, 6) is -0.437. The second-order valence-electron chi connectivity index (χ2n) is 8.57. The van der Waals surface area contributed by atoms with Gasteiger partial charge in [0.25, 0.3) is 0 Å². The van der Waals surface area contributed by atoms with Gasteiger partial charge in [-0.1, -0.05) is 11.6 Å². The number of sulfonamides is 1. The van der Waals surface area contributed by atoms with Gasteiger partial charge in [0.15, 0.2) is 0 Å². The highest BCUT2D eigenvalue weighted by Gasteiger charge is 2.38. The molecule has 1 fully saturated rings. The largest absolute Gasteiger partial charge is 0.379 e. The van der Waals surface area contributed by atoms with E-state index in [1.807, 2.05) is 0 Å². The standard InChI is InChI=1S/C23H31N3O5S/c1-17(27)26-21-8-7-20(32(29,30)25-11-13-31-14-12-25)15-19(21)16-22(26)23(28)24-10-9-18-5-3-2-4-6-18/h5,7-8,15,22H,2-4,6,9-14,16H2,1H3,(H,24,28)/t22-/m0/s1. The third-order valence-electron chi connectivity index (χ3n) is 6.42. The van der Waals surface area contributed by atoms with E-state index in [0.717, 1.165) is 19.3 Å². The lowest BCUT2D eigenvalue weighted by molar-refractivity contribution is -0.125. The van der Waals surface area contributed by atoms with Crippen LogP contribution in [0.3, 0.4) is 0 Å². The smallest absolute Gasteiger partial charge is 0.243 e. The molecule has 0 saturated carbocycles. The minimum absolute atomic E-state index is 0.187. The molecule has 8 nitrogen and oxygen atoms in total. The second-order valence-corrected chi connectivity index (χ2v) is 10.5. The first kappa shape index (κ1) is 22.9. The molecule has 4 rings (SSSR count). The van der Waals surface area contributed by atoms with E-state index >= 15 is 0 Å². The summed E-state index contributed by atoms with van der Waals surface area (Å²) in [5.41, 5.74) is 2.69. The second kappa shape index (κ2) is 9.72. The van der Waals surface area contributed by atoms with Gasteiger partial charge >= 0.3 is 0 Å². The number of nitrogens with zero attached hydrogens (tertiary/aromatic N) is 2. The maximum absolute atomic E-state index is 13.0. The highest BCUT2D eigenvalue weighted by molar-refractivity contribution is 7.89. The number of morpholine rings is 1. The number of carbonyl (C=O) groups excluding carboxylic acids is 2. The summed E-state index contributed by atoms with van der Waals surface area (Å²) in [6, 6.07) is 4.11. The summed E-state index contributed by atoms with van der Waals surface area (Å²) in [4.78, 5) is 27.0. The van der Waals surface area contributed by atoms with Crippen LogP contribution < -0.4 is 10.2 Å². The maximum atomic E-state index is 13.0. The quantitative estimate of drug-likeness (QED) is 0.654. The fourth-order valence-corrected chi connectivity index (χ4v) is 6.18. The van der Waals surface area contributed by atoms with E-state index in [-0.39, 0.29) is 16.7 Å². The summed E-state index contributed by atoms with van der Waals surface area (Å²) in [6.07, 6.45) is 8.01. The molecule has 0 bridgehead atoms. The fourth-order valence-electron chi connectivity index (χ4n) is 4.72. The van der Waals surface area contributed by atoms with Gasteiger partial charge in [0.1, 0.15) is 6.04 Å². The first-order chi connectivity index (χ1) is 15.4. The summed E-state index contributed by atoms with van der Waals surface area (Å²) in [6.45, 7) is 3.37. The van der Waals surface area contributed by atoms with Gasteiger partial charge in [0.05, 0.1) is 18.1 Å². The Morgan fingerprint density at radius 2 is 1.97 bits per heavy atom. The third-order valence-corrected chi connectivity index (χ3v) is 8.31. The van der Waals surface area contributed by atoms with Crippen LogP contribution in [0.1, 0.15) is 44.6 Å². The van der Waals surface area contributed by atoms with Crippen LogP contribution in [0.5, 0.6) is 0 Å². The fraction of sp³-hybridized carbons (Fsp3) is 0.565. The van der Waals surface area contributed by atoms with E-state index in [0.29, 0.717) is 50.5 Å². The molecule has 0 aromatic heterocycles. The number of anilines is 1. The molecular weight excluding hydrogens is 430 g/mol. The summed E-state index contributed by atoms with van der Waals surface area (Å²) < 4.78 is 32.7. The van der Waals surface area contributed by atoms with Crippen LogP contribution in [0.25, 0.3) is 0 Å². The predicted octanol–water partition coefficient (Wildman–Crippen LogP) is 1.99. The molecule has 32 heavy (non-hydrogen) atoms. The average Bonchev–Trinajstić information content (AvgIpc) is 3.19. The van der Waals surface area contributed by atoms with Crippen LogP contribution in [-0.2, 0) is 30.8 Å². The van der Waals surface area contributed by atoms with Gasteiger partial charge in [-0.15, -0.1) is 0 Å². The number of allylic oxidation sites excluding steroid dienone is 1. The van der Waals surface area contributed by atoms with E-state index in [4.69, 9.17) is 4.74 Å². The molecule has 1 N–H and O–H groups in total. The van der Waals surface area contributed by atoms with Crippen molar-refractivity contribution in [3.05, 3.63) is 35.4 Å². The average molecular weight is 462 g/mol. The Morgan fingerprint density at radius 1 is 1.19 bits per heavy atom. The molecule has 9 heteroatoms. The van der Waals surface area contributed by atoms with Crippen LogP contribution in [0.2, 0.25) is 0 Å². The number of carbonyl (C=O) groups is 2. The minimum atomic E-state index is -3.64. The van der Waals surface area contributed by atoms with Crippen LogP contribution in [-0.4, -0.2) is 63.4 Å². The van der Waals surface area contributed by atoms with Crippen LogP contribution in [0.15, 0.2) is 34.7 Å². The lowest BCUT2D eigenvalue weighted by Gasteiger charge is -2.26. The SMILES string of the molecule is CC(=O)N1c2ccc(S(=O)(=O)N3CCOCC3)cc2C[C@H]1C(=O)NCCC1=CCCCC1. The van der Waals surface area contributed by atoms with Gasteiger partial charge in [-0.2, -0.15) is 4.31 Å². The van der Waals surface area contributed by atoms with Crippen molar-refractivity contribution in [2.45, 2.75) is 56.4 Å². The summed E-state index contributed by atoms with van der Waals surface area (Å²) >= 11 is 0. The number of ether oxygens (including phenoxy) is 1. The van der Waals surface area contributed by atoms with Gasteiger partial charge in [0, 0.05) is 38.7 Å². The molecule has 1 aliphatic carbocycles. The van der Waals surface area contributed by atoms with E-state index in [2.05, 4.69) is 11.4 Å². The highest BCUT2D eigenvalue weighted by atomic mass is 32.2. The molecule has 2 amide bonds. The number of hydrogen-bond acceptors (Lipinski definition) is 5. The molecule has 1 aromatic rings. The van der Waals surface area contributed by atoms with Crippen molar-refractivity contribution in [3.63, 3.8) is 0 Å². The molecule has 0 radical (unpaired) electrons. The van der Waals surface area contributed by atoms with Crippen molar-refractivity contribution in [1.82, 2.24) is 9.62 Å². The highest BCUT2D eigenvalue weighted by Crippen LogP contribution is 2.35. The lowest BCUT2D eigenvalue weighted by Crippen LogP contribution is -2.47. The normalized spacial score (nSPS) is 21.7. The van der Waals surface area contributed by atoms with Crippen molar-refractivity contribution >= 4 is 27.5 Å². The first-order valence-corrected chi connectivity index (χ1v) is 12.8. The van der Waals surface area contributed by atoms with Crippen molar-refractivity contribution in [2.75, 3.05) is 37.7 Å². The van der Waals surface area contributed by atoms with Gasteiger partial charge in [0.2, 0.25) is 21.8 Å². The minimum Gasteiger partial charge on any atom is -0.379 e. The topological polar surface area (TPSA) is 96.0 Å². The van der Waals surface area contributed by atoms with Crippen molar-refractivity contribution in [2.24, 2.45) is 0 Å². The molecule has 2 heterocycles. The Bertz CT molecular complexity index is 1010. The van der Waals surface area contributed by atoms with E-state index in [9.17, 15) is 18.0 Å². The number of benzene rings is 1. The monoisotopic (exact) mass is 461 g/mol. The van der Waals surface area contributed by atoms with Crippen LogP contribution in [0.4, 0.5) is 5.69 Å². The molecule has 0 spiro atoms. The molecule has 0 unspecified atom stereocenters. The van der Waals surface area contributed by atoms with Crippen molar-refractivity contribution in [3.8, 4) is 0 Å². The van der Waals surface area contributed by atoms with E-state index in [1.54, 1.807) is 12.1 Å². The van der Waals surface area contributed by atoms with Crippen LogP contribution in [0, 0.1) is 0 Å². The molecule has 174 valence electrons. The molecule has 2 aliphatic heterocycles. The Kier molecular flexibility index (Phi) is 6.97. The zero-order chi connectivity index (χ0) is 22.7. The van der Waals surface area contributed by atoms with E-state index < -0.39 is 16.1 Å². The Morgan fingerprint density at radius 3 is 2.66 bits per heavy atom. The number of fused-ring (bicyclic) bond motifs is 1. The van der Waals surface area contributed by atoms with Gasteiger partial charge < -0.3 is 10.1 Å². The summed E-state index contributed by atoms with van der Waals surface area (Å²) in [5, 5.41) is 2.97. The Balaban J connectivity index is 1.48. The number of nitrogens with one attached hydrogen (secondary N) is 1. The molecule has 1 atom stereocenters. The Labute approximate surface area is 189 Å². The lowest BCUT2D eigenvalue weighted by atomic mass is 9.97. The summed E-state index contributed by atoms with van der Waals surface area (Å²) in [7, 11) is -3.64. The number of hydrogen-bond donors (Lipinski definition) is 1. The van der Waals surface area contributed by atoms with Gasteiger partial charge in [-0.25, -0.2) is 8.42 Å². The van der Waals surface area contributed by atoms with Crippen molar-refractivity contribution in [1.29, 1.82) is 0 Å². The van der Waals surface area contributed by atoms with Crippen LogP contribution >= 0.6 is 0 Å². The first-order valence-electron chi connectivity index (χ1n) is 11.3. The van der Waals surface area contributed by atoms with Gasteiger partial charge in [-0.3, -0.25) is 14.5 Å². The molecule has 3 aliphatic rings. The molecule has 1 saturated heterocycles. The number of rotatable bonds is 6. The maximum Gasteiger partial charge on any atom is 0.243 e. The Hall–Kier alpha value is -2.23. The van der Waals surface area contributed by atoms with E-state index in [1.165, 1.54) is 40.6 Å². The predicted molar refractivity (Wildman–Crippen MR) is 121 cm³/mol. The van der Waals surface area contributed by atoms with Crippen molar-refractivity contribution < 1.29 is 22.7 Å². The van der Waals surface area contributed by atoms with Gasteiger partial charge in [-0.05, 0) is 55.9 Å². The zero-order valence-electron chi connectivity index (χ0n) is 18.5. The molecular formula is C23H31N3O5S. The third kappa shape index (κ3) is 4.74. The number of amides is 2. The molecule has 1 aromatic carbocycles. The zero-order valence-corrected chi connectivity index (χ0v) is 19.3.